The van der Waals surface area contributed by atoms with Gasteiger partial charge in [-0.05, 0) is 105 Å². The maximum Gasteiger partial charge on any atom is 0.490 e. The summed E-state index contributed by atoms with van der Waals surface area (Å²) >= 11 is 0. The first-order valence-corrected chi connectivity index (χ1v) is 14.9. The molecule has 0 aliphatic heterocycles. The van der Waals surface area contributed by atoms with Gasteiger partial charge in [-0.25, -0.2) is 9.59 Å². The lowest BCUT2D eigenvalue weighted by Gasteiger charge is -2.69. The second kappa shape index (κ2) is 9.51. The van der Waals surface area contributed by atoms with Crippen molar-refractivity contribution in [1.82, 2.24) is 0 Å². The van der Waals surface area contributed by atoms with Crippen molar-refractivity contribution in [3.05, 3.63) is 0 Å². The molecule has 8 unspecified atom stereocenters. The number of rotatable bonds is 3. The average Bonchev–Trinajstić information content (AvgIpc) is 3.27. The van der Waals surface area contributed by atoms with E-state index in [4.69, 9.17) is 9.47 Å². The number of hydrogen-bond acceptors (Lipinski definition) is 4. The van der Waals surface area contributed by atoms with Gasteiger partial charge in [0.15, 0.2) is 0 Å². The molecule has 5 rings (SSSR count). The molecule has 5 fully saturated rings. The third-order valence-corrected chi connectivity index (χ3v) is 12.8. The Hall–Kier alpha value is -1.48. The molecule has 10 heteroatoms. The fourth-order valence-electron chi connectivity index (χ4n) is 11.3. The number of halogens is 6. The van der Waals surface area contributed by atoms with Crippen LogP contribution in [0.25, 0.3) is 0 Å². The van der Waals surface area contributed by atoms with Gasteiger partial charge in [0.25, 0.3) is 0 Å². The molecule has 40 heavy (non-hydrogen) atoms. The number of ether oxygens (including phenoxy) is 2. The molecule has 4 nitrogen and oxygen atoms in total. The van der Waals surface area contributed by atoms with Gasteiger partial charge >= 0.3 is 24.3 Å². The molecule has 0 aromatic heterocycles. The topological polar surface area (TPSA) is 52.6 Å². The minimum Gasteiger partial charge on any atom is -0.458 e. The molecule has 0 heterocycles. The van der Waals surface area contributed by atoms with Crippen LogP contribution in [0.3, 0.4) is 0 Å². The molecule has 0 N–H and O–H groups in total. The molecule has 5 aliphatic rings. The number of carbonyl (C=O) groups excluding carboxylic acids is 2. The summed E-state index contributed by atoms with van der Waals surface area (Å²) in [5.74, 6) is -2.69. The van der Waals surface area contributed by atoms with Gasteiger partial charge in [-0.2, -0.15) is 26.3 Å². The number of alkyl halides is 6. The van der Waals surface area contributed by atoms with Gasteiger partial charge in [-0.15, -0.1) is 0 Å². The molecular weight excluding hydrogens is 538 g/mol. The lowest BCUT2D eigenvalue weighted by molar-refractivity contribution is -0.239. The lowest BCUT2D eigenvalue weighted by atomic mass is 9.36. The highest BCUT2D eigenvalue weighted by Gasteiger charge is 2.67. The molecule has 5 aliphatic carbocycles. The number of fused-ring (bicyclic) bond motifs is 7. The molecule has 0 amide bonds. The summed E-state index contributed by atoms with van der Waals surface area (Å²) in [6.07, 6.45) is -1.62. The molecule has 0 saturated heterocycles. The molecule has 0 radical (unpaired) electrons. The van der Waals surface area contributed by atoms with E-state index in [9.17, 15) is 35.9 Å². The lowest BCUT2D eigenvalue weighted by Crippen LogP contribution is -2.63. The summed E-state index contributed by atoms with van der Waals surface area (Å²) in [6, 6.07) is 0. The Kier molecular flexibility index (Phi) is 7.13. The predicted molar refractivity (Wildman–Crippen MR) is 134 cm³/mol. The Balaban J connectivity index is 1.35. The van der Waals surface area contributed by atoms with E-state index in [-0.39, 0.29) is 34.7 Å². The van der Waals surface area contributed by atoms with Crippen LogP contribution in [0, 0.1) is 51.2 Å². The first-order valence-electron chi connectivity index (χ1n) is 14.9. The number of carbonyl (C=O) groups is 2. The zero-order valence-electron chi connectivity index (χ0n) is 23.9. The zero-order valence-corrected chi connectivity index (χ0v) is 23.9. The Morgan fingerprint density at radius 3 is 2.00 bits per heavy atom. The molecular formula is C30H42F6O4. The van der Waals surface area contributed by atoms with E-state index in [1.54, 1.807) is 0 Å². The Labute approximate surface area is 232 Å². The largest absolute Gasteiger partial charge is 0.490 e. The summed E-state index contributed by atoms with van der Waals surface area (Å²) in [6.45, 7) is 8.42. The van der Waals surface area contributed by atoms with Crippen LogP contribution in [0.15, 0.2) is 0 Å². The van der Waals surface area contributed by atoms with Crippen LogP contribution in [-0.2, 0) is 19.1 Å². The maximum absolute atomic E-state index is 13.0. The zero-order chi connectivity index (χ0) is 29.5. The SMILES string of the molecule is CC1(C)C(OC(=O)C(F)(F)F)CCC2(C)C1CCC1(C)C3CC[C@@]4(COC(=O)C(F)(F)F)CCCC4C3CCC12. The Bertz CT molecular complexity index is 1020. The standard InChI is InChI=1S/C30H42F6O4/c1-25(2)20-10-13-26(3)18-9-15-28(16-39-23(37)29(31,32)33)12-5-6-19(28)17(18)7-8-21(26)27(20,4)14-11-22(25)40-24(38)30(34,35)36/h17-22H,5-16H2,1-4H3/t17?,18?,19?,20?,21?,22?,26?,27?,28-/m1/s1. The van der Waals surface area contributed by atoms with Crippen molar-refractivity contribution in [3.63, 3.8) is 0 Å². The van der Waals surface area contributed by atoms with Crippen molar-refractivity contribution < 1.29 is 45.4 Å². The predicted octanol–water partition coefficient (Wildman–Crippen LogP) is 8.03. The van der Waals surface area contributed by atoms with Gasteiger partial charge in [-0.3, -0.25) is 0 Å². The van der Waals surface area contributed by atoms with E-state index in [2.05, 4.69) is 13.8 Å². The van der Waals surface area contributed by atoms with Crippen molar-refractivity contribution >= 4 is 11.9 Å². The Morgan fingerprint density at radius 1 is 0.700 bits per heavy atom. The maximum atomic E-state index is 13.0. The van der Waals surface area contributed by atoms with Crippen LogP contribution in [0.4, 0.5) is 26.3 Å². The second-order valence-electron chi connectivity index (χ2n) is 14.7. The van der Waals surface area contributed by atoms with E-state index >= 15 is 0 Å². The van der Waals surface area contributed by atoms with Crippen LogP contribution in [0.2, 0.25) is 0 Å². The summed E-state index contributed by atoms with van der Waals surface area (Å²) < 4.78 is 87.5. The highest BCUT2D eigenvalue weighted by Crippen LogP contribution is 2.73. The normalized spacial score (nSPS) is 44.5. The van der Waals surface area contributed by atoms with E-state index in [1.165, 1.54) is 0 Å². The van der Waals surface area contributed by atoms with Crippen molar-refractivity contribution in [1.29, 1.82) is 0 Å². The van der Waals surface area contributed by atoms with Crippen molar-refractivity contribution in [2.45, 2.75) is 117 Å². The van der Waals surface area contributed by atoms with Crippen LogP contribution >= 0.6 is 0 Å². The van der Waals surface area contributed by atoms with Gasteiger partial charge in [0.05, 0.1) is 6.61 Å². The molecule has 5 saturated carbocycles. The third-order valence-electron chi connectivity index (χ3n) is 12.8. The van der Waals surface area contributed by atoms with Gasteiger partial charge in [0.2, 0.25) is 0 Å². The van der Waals surface area contributed by atoms with Crippen LogP contribution < -0.4 is 0 Å². The minimum absolute atomic E-state index is 0.0249. The monoisotopic (exact) mass is 580 g/mol. The third kappa shape index (κ3) is 4.56. The number of hydrogen-bond donors (Lipinski definition) is 0. The quantitative estimate of drug-likeness (QED) is 0.251. The van der Waals surface area contributed by atoms with Crippen molar-refractivity contribution in [3.8, 4) is 0 Å². The van der Waals surface area contributed by atoms with Gasteiger partial charge in [-0.1, -0.05) is 34.1 Å². The highest BCUT2D eigenvalue weighted by molar-refractivity contribution is 5.76. The summed E-state index contributed by atoms with van der Waals surface area (Å²) in [5.41, 5.74) is -1.05. The second-order valence-corrected chi connectivity index (χ2v) is 14.7. The summed E-state index contributed by atoms with van der Waals surface area (Å²) in [4.78, 5) is 23.3. The molecule has 228 valence electrons. The van der Waals surface area contributed by atoms with Gasteiger partial charge in [0, 0.05) is 10.8 Å². The van der Waals surface area contributed by atoms with Crippen LogP contribution in [0.1, 0.15) is 98.3 Å². The number of esters is 2. The smallest absolute Gasteiger partial charge is 0.458 e. The minimum atomic E-state index is -5.01. The van der Waals surface area contributed by atoms with E-state index < -0.39 is 35.8 Å². The molecule has 9 atom stereocenters. The van der Waals surface area contributed by atoms with Crippen molar-refractivity contribution in [2.24, 2.45) is 51.2 Å². The molecule has 0 aromatic carbocycles. The van der Waals surface area contributed by atoms with E-state index in [0.29, 0.717) is 30.6 Å². The van der Waals surface area contributed by atoms with Crippen molar-refractivity contribution in [2.75, 3.05) is 6.61 Å². The fourth-order valence-corrected chi connectivity index (χ4v) is 11.3. The van der Waals surface area contributed by atoms with Crippen LogP contribution in [0.5, 0.6) is 0 Å². The van der Waals surface area contributed by atoms with Gasteiger partial charge < -0.3 is 9.47 Å². The first kappa shape index (κ1) is 30.0. The molecule has 0 bridgehead atoms. The van der Waals surface area contributed by atoms with E-state index in [1.807, 2.05) is 13.8 Å². The fraction of sp³-hybridized carbons (Fsp3) is 0.933. The summed E-state index contributed by atoms with van der Waals surface area (Å²) in [5, 5.41) is 0. The van der Waals surface area contributed by atoms with Crippen LogP contribution in [-0.4, -0.2) is 37.0 Å². The van der Waals surface area contributed by atoms with Gasteiger partial charge in [0.1, 0.15) is 6.10 Å². The molecule has 0 aromatic rings. The molecule has 0 spiro atoms. The first-order chi connectivity index (χ1) is 18.4. The Morgan fingerprint density at radius 2 is 1.35 bits per heavy atom. The van der Waals surface area contributed by atoms with E-state index in [0.717, 1.165) is 57.8 Å². The summed E-state index contributed by atoms with van der Waals surface area (Å²) in [7, 11) is 0. The highest BCUT2D eigenvalue weighted by atomic mass is 19.4. The average molecular weight is 581 g/mol.